The smallest absolute Gasteiger partial charge is 0.141 e. The van der Waals surface area contributed by atoms with E-state index in [0.29, 0.717) is 21.5 Å². The van der Waals surface area contributed by atoms with Crippen LogP contribution in [0.3, 0.4) is 0 Å². The van der Waals surface area contributed by atoms with Gasteiger partial charge >= 0.3 is 0 Å². The average Bonchev–Trinajstić information content (AvgIpc) is 2.42. The highest BCUT2D eigenvalue weighted by atomic mass is 79.9. The molecule has 0 fully saturated rings. The molecule has 2 nitrogen and oxygen atoms in total. The first-order chi connectivity index (χ1) is 10.0. The number of rotatable bonds is 5. The predicted octanol–water partition coefficient (Wildman–Crippen LogP) is 5.13. The minimum absolute atomic E-state index is 0.278. The zero-order chi connectivity index (χ0) is 15.4. The summed E-state index contributed by atoms with van der Waals surface area (Å²) < 4.78 is 19.5. The molecule has 0 bridgehead atoms. The first-order valence-corrected chi connectivity index (χ1v) is 8.40. The van der Waals surface area contributed by atoms with Crippen molar-refractivity contribution in [2.24, 2.45) is 5.73 Å². The Hall–Kier alpha value is -1.11. The fourth-order valence-electron chi connectivity index (χ4n) is 1.79. The van der Waals surface area contributed by atoms with E-state index in [-0.39, 0.29) is 10.8 Å². The van der Waals surface area contributed by atoms with Crippen LogP contribution in [0.4, 0.5) is 4.39 Å². The van der Waals surface area contributed by atoms with Crippen molar-refractivity contribution in [3.8, 4) is 11.5 Å². The summed E-state index contributed by atoms with van der Waals surface area (Å²) in [5.74, 6) is 1.64. The Morgan fingerprint density at radius 3 is 2.71 bits per heavy atom. The van der Waals surface area contributed by atoms with Crippen LogP contribution in [-0.4, -0.2) is 10.7 Å². The van der Waals surface area contributed by atoms with E-state index in [9.17, 15) is 4.39 Å². The van der Waals surface area contributed by atoms with Gasteiger partial charge in [-0.25, -0.2) is 4.39 Å². The van der Waals surface area contributed by atoms with Gasteiger partial charge < -0.3 is 10.5 Å². The summed E-state index contributed by atoms with van der Waals surface area (Å²) in [5.41, 5.74) is 6.53. The number of ether oxygens (including phenoxy) is 1. The Labute approximate surface area is 141 Å². The molecule has 0 aliphatic carbocycles. The van der Waals surface area contributed by atoms with Crippen molar-refractivity contribution in [2.45, 2.75) is 11.8 Å². The second-order valence-electron chi connectivity index (χ2n) is 4.10. The molecule has 0 saturated carbocycles. The summed E-state index contributed by atoms with van der Waals surface area (Å²) in [5, 5.41) is 0. The van der Waals surface area contributed by atoms with Gasteiger partial charge in [0.25, 0.3) is 0 Å². The second-order valence-corrected chi connectivity index (χ2v) is 6.70. The highest BCUT2D eigenvalue weighted by molar-refractivity contribution is 9.10. The second kappa shape index (κ2) is 7.24. The van der Waals surface area contributed by atoms with Crippen LogP contribution >= 0.6 is 39.9 Å². The Morgan fingerprint density at radius 2 is 2.10 bits per heavy atom. The minimum atomic E-state index is -0.334. The summed E-state index contributed by atoms with van der Waals surface area (Å²) in [6.45, 7) is 2.05. The van der Waals surface area contributed by atoms with E-state index in [4.69, 9.17) is 22.7 Å². The van der Waals surface area contributed by atoms with Crippen molar-refractivity contribution in [3.63, 3.8) is 0 Å². The lowest BCUT2D eigenvalue weighted by atomic mass is 10.2. The van der Waals surface area contributed by atoms with Crippen LogP contribution in [0.15, 0.2) is 45.8 Å². The molecule has 0 aliphatic rings. The topological polar surface area (TPSA) is 35.2 Å². The lowest BCUT2D eigenvalue weighted by Crippen LogP contribution is -2.12. The summed E-state index contributed by atoms with van der Waals surface area (Å²) in [6.07, 6.45) is 0. The number of benzene rings is 2. The summed E-state index contributed by atoms with van der Waals surface area (Å²) in [6, 6.07) is 9.87. The van der Waals surface area contributed by atoms with Gasteiger partial charge in [0.2, 0.25) is 0 Å². The van der Waals surface area contributed by atoms with Crippen LogP contribution in [0.5, 0.6) is 11.5 Å². The molecule has 0 spiro atoms. The molecular formula is C15H13BrFNOS2. The number of hydrogen-bond donors (Lipinski definition) is 1. The third-order valence-corrected chi connectivity index (χ3v) is 4.41. The molecule has 0 saturated heterocycles. The number of thioether (sulfide) groups is 1. The predicted molar refractivity (Wildman–Crippen MR) is 92.9 cm³/mol. The summed E-state index contributed by atoms with van der Waals surface area (Å²) in [4.78, 5) is 1.25. The van der Waals surface area contributed by atoms with Crippen molar-refractivity contribution < 1.29 is 9.13 Å². The van der Waals surface area contributed by atoms with Crippen LogP contribution in [0.2, 0.25) is 0 Å². The summed E-state index contributed by atoms with van der Waals surface area (Å²) in [7, 11) is 0. The third kappa shape index (κ3) is 3.96. The Bertz CT molecular complexity index is 679. The maximum Gasteiger partial charge on any atom is 0.141 e. The normalized spacial score (nSPS) is 10.4. The van der Waals surface area contributed by atoms with Gasteiger partial charge in [0.1, 0.15) is 22.3 Å². The van der Waals surface area contributed by atoms with Gasteiger partial charge in [0.05, 0.1) is 10.0 Å². The molecule has 6 heteroatoms. The SMILES string of the molecule is CCSc1cccc(Oc2ccc(F)cc2Br)c1C(N)=S. The van der Waals surface area contributed by atoms with Gasteiger partial charge in [-0.3, -0.25) is 0 Å². The third-order valence-electron chi connectivity index (χ3n) is 2.65. The lowest BCUT2D eigenvalue weighted by molar-refractivity contribution is 0.475. The molecular weight excluding hydrogens is 373 g/mol. The Kier molecular flexibility index (Phi) is 5.61. The number of halogens is 2. The van der Waals surface area contributed by atoms with E-state index in [0.717, 1.165) is 10.6 Å². The van der Waals surface area contributed by atoms with Crippen LogP contribution in [0, 0.1) is 5.82 Å². The molecule has 2 N–H and O–H groups in total. The maximum absolute atomic E-state index is 13.1. The molecule has 0 aliphatic heterocycles. The van der Waals surface area contributed by atoms with Gasteiger partial charge in [-0.05, 0) is 52.0 Å². The fourth-order valence-corrected chi connectivity index (χ4v) is 3.34. The van der Waals surface area contributed by atoms with Crippen LogP contribution in [-0.2, 0) is 0 Å². The van der Waals surface area contributed by atoms with Gasteiger partial charge in [0, 0.05) is 4.90 Å². The van der Waals surface area contributed by atoms with Gasteiger partial charge in [-0.1, -0.05) is 25.2 Å². The van der Waals surface area contributed by atoms with Crippen molar-refractivity contribution in [1.29, 1.82) is 0 Å². The molecule has 2 rings (SSSR count). The zero-order valence-corrected chi connectivity index (χ0v) is 14.4. The van der Waals surface area contributed by atoms with E-state index in [1.54, 1.807) is 23.9 Å². The first-order valence-electron chi connectivity index (χ1n) is 6.21. The van der Waals surface area contributed by atoms with Crippen LogP contribution in [0.1, 0.15) is 12.5 Å². The van der Waals surface area contributed by atoms with E-state index < -0.39 is 0 Å². The molecule has 2 aromatic carbocycles. The number of thiocarbonyl (C=S) groups is 1. The summed E-state index contributed by atoms with van der Waals surface area (Å²) >= 11 is 10.1. The minimum Gasteiger partial charge on any atom is -0.455 e. The molecule has 0 aromatic heterocycles. The van der Waals surface area contributed by atoms with E-state index in [2.05, 4.69) is 22.9 Å². The highest BCUT2D eigenvalue weighted by Gasteiger charge is 2.14. The number of hydrogen-bond acceptors (Lipinski definition) is 3. The average molecular weight is 386 g/mol. The Morgan fingerprint density at radius 1 is 1.33 bits per heavy atom. The standard InChI is InChI=1S/C15H13BrFNOS2/c1-2-21-13-5-3-4-12(14(13)15(18)20)19-11-7-6-9(17)8-10(11)16/h3-8H,2H2,1H3,(H2,18,20). The quantitative estimate of drug-likeness (QED) is 0.571. The largest absolute Gasteiger partial charge is 0.455 e. The molecule has 0 amide bonds. The zero-order valence-electron chi connectivity index (χ0n) is 11.2. The van der Waals surface area contributed by atoms with Gasteiger partial charge in [0.15, 0.2) is 0 Å². The van der Waals surface area contributed by atoms with E-state index in [1.165, 1.54) is 12.1 Å². The van der Waals surface area contributed by atoms with Crippen molar-refractivity contribution in [2.75, 3.05) is 5.75 Å². The maximum atomic E-state index is 13.1. The van der Waals surface area contributed by atoms with Gasteiger partial charge in [-0.2, -0.15) is 0 Å². The number of nitrogens with two attached hydrogens (primary N) is 1. The molecule has 110 valence electrons. The highest BCUT2D eigenvalue weighted by Crippen LogP contribution is 2.35. The molecule has 0 heterocycles. The van der Waals surface area contributed by atoms with E-state index in [1.807, 2.05) is 12.1 Å². The van der Waals surface area contributed by atoms with Crippen molar-refractivity contribution in [3.05, 3.63) is 52.3 Å². The fraction of sp³-hybridized carbons (Fsp3) is 0.133. The van der Waals surface area contributed by atoms with Crippen LogP contribution < -0.4 is 10.5 Å². The van der Waals surface area contributed by atoms with Gasteiger partial charge in [-0.15, -0.1) is 11.8 Å². The molecule has 0 radical (unpaired) electrons. The van der Waals surface area contributed by atoms with Crippen molar-refractivity contribution in [1.82, 2.24) is 0 Å². The van der Waals surface area contributed by atoms with Crippen molar-refractivity contribution >= 4 is 44.9 Å². The van der Waals surface area contributed by atoms with E-state index >= 15 is 0 Å². The molecule has 0 atom stereocenters. The molecule has 21 heavy (non-hydrogen) atoms. The molecule has 2 aromatic rings. The van der Waals surface area contributed by atoms with Crippen LogP contribution in [0.25, 0.3) is 0 Å². The lowest BCUT2D eigenvalue weighted by Gasteiger charge is -2.14. The monoisotopic (exact) mass is 385 g/mol. The Balaban J connectivity index is 2.43. The molecule has 0 unspecified atom stereocenters. The first kappa shape index (κ1) is 16.3.